The Balaban J connectivity index is 1.32. The molecule has 228 valence electrons. The number of nitrogens with zero attached hydrogens (tertiary/aromatic N) is 4. The largest absolute Gasteiger partial charge is 0.492 e. The maximum Gasteiger partial charge on any atom is 0.150 e. The molecule has 0 N–H and O–H groups in total. The maximum absolute atomic E-state index is 6.48. The van der Waals surface area contributed by atoms with Gasteiger partial charge in [0.1, 0.15) is 41.8 Å². The lowest BCUT2D eigenvalue weighted by Crippen LogP contribution is -2.25. The lowest BCUT2D eigenvalue weighted by Gasteiger charge is -2.17. The second kappa shape index (κ2) is 14.5. The van der Waals surface area contributed by atoms with E-state index in [1.807, 2.05) is 42.5 Å². The molecule has 0 spiro atoms. The number of aryl methyl sites for hydroxylation is 1. The van der Waals surface area contributed by atoms with Gasteiger partial charge in [0.2, 0.25) is 0 Å². The van der Waals surface area contributed by atoms with Crippen LogP contribution in [0, 0.1) is 0 Å². The van der Waals surface area contributed by atoms with E-state index in [1.54, 1.807) is 0 Å². The highest BCUT2D eigenvalue weighted by Crippen LogP contribution is 2.36. The Hall–Kier alpha value is -3.26. The van der Waals surface area contributed by atoms with Gasteiger partial charge < -0.3 is 18.8 Å². The quantitative estimate of drug-likeness (QED) is 0.146. The minimum Gasteiger partial charge on any atom is -0.492 e. The van der Waals surface area contributed by atoms with Crippen LogP contribution in [0.3, 0.4) is 0 Å². The fraction of sp³-hybridized carbons (Fsp3) is 0.457. The van der Waals surface area contributed by atoms with Gasteiger partial charge in [-0.1, -0.05) is 37.1 Å². The average Bonchev–Trinajstić information content (AvgIpc) is 3.80. The highest BCUT2D eigenvalue weighted by molar-refractivity contribution is 6.30. The number of unbranched alkanes of at least 4 members (excludes halogenated alkanes) is 1. The number of halogens is 1. The zero-order valence-electron chi connectivity index (χ0n) is 25.3. The third-order valence-corrected chi connectivity index (χ3v) is 8.66. The minimum absolute atomic E-state index is 0.633. The number of rotatable bonds is 14. The van der Waals surface area contributed by atoms with Gasteiger partial charge in [-0.25, -0.2) is 4.98 Å². The van der Waals surface area contributed by atoms with Gasteiger partial charge in [-0.3, -0.25) is 9.80 Å². The molecule has 2 fully saturated rings. The standard InChI is InChI=1S/C35H43ClN4O3/c1-2-3-19-40-32-25-31(41-22-20-38-15-4-5-16-38)26-33(42-23-21-39-17-6-7-18-39)34(32)37-35(40)27-9-8-10-30(24-27)43-29-13-11-28(36)12-14-29/h8-14,24-26H,2-7,15-23H2,1H3. The molecule has 3 aromatic carbocycles. The maximum atomic E-state index is 6.48. The predicted octanol–water partition coefficient (Wildman–Crippen LogP) is 7.90. The SMILES string of the molecule is CCCCn1c(-c2cccc(Oc3ccc(Cl)cc3)c2)nc2c(OCCN3CCCC3)cc(OCCN3CCCC3)cc21. The lowest BCUT2D eigenvalue weighted by atomic mass is 10.2. The van der Waals surface area contributed by atoms with Crippen molar-refractivity contribution in [1.29, 1.82) is 0 Å². The van der Waals surface area contributed by atoms with Crippen molar-refractivity contribution in [3.05, 3.63) is 65.7 Å². The summed E-state index contributed by atoms with van der Waals surface area (Å²) < 4.78 is 21.3. The van der Waals surface area contributed by atoms with E-state index in [1.165, 1.54) is 38.8 Å². The van der Waals surface area contributed by atoms with Gasteiger partial charge in [-0.2, -0.15) is 0 Å². The van der Waals surface area contributed by atoms with Gasteiger partial charge in [0.25, 0.3) is 0 Å². The molecule has 43 heavy (non-hydrogen) atoms. The summed E-state index contributed by atoms with van der Waals surface area (Å²) in [7, 11) is 0. The highest BCUT2D eigenvalue weighted by Gasteiger charge is 2.20. The first kappa shape index (κ1) is 29.8. The van der Waals surface area contributed by atoms with E-state index in [0.29, 0.717) is 18.2 Å². The Bertz CT molecular complexity index is 1480. The molecule has 4 aromatic rings. The monoisotopic (exact) mass is 602 g/mol. The molecule has 2 saturated heterocycles. The second-order valence-corrected chi connectivity index (χ2v) is 12.0. The number of aromatic nitrogens is 2. The van der Waals surface area contributed by atoms with Crippen LogP contribution < -0.4 is 14.2 Å². The number of fused-ring (bicyclic) bond motifs is 1. The highest BCUT2D eigenvalue weighted by atomic mass is 35.5. The predicted molar refractivity (Wildman–Crippen MR) is 174 cm³/mol. The van der Waals surface area contributed by atoms with Crippen molar-refractivity contribution in [2.45, 2.75) is 52.0 Å². The number of benzene rings is 3. The first-order valence-corrected chi connectivity index (χ1v) is 16.3. The van der Waals surface area contributed by atoms with E-state index in [9.17, 15) is 0 Å². The second-order valence-electron chi connectivity index (χ2n) is 11.6. The Morgan fingerprint density at radius 1 is 0.744 bits per heavy atom. The summed E-state index contributed by atoms with van der Waals surface area (Å²) in [6.07, 6.45) is 7.25. The van der Waals surface area contributed by atoms with Crippen LogP contribution in [0.25, 0.3) is 22.4 Å². The Morgan fingerprint density at radius 3 is 2.14 bits per heavy atom. The topological polar surface area (TPSA) is 52.0 Å². The van der Waals surface area contributed by atoms with Crippen LogP contribution in [-0.4, -0.2) is 71.8 Å². The van der Waals surface area contributed by atoms with E-state index in [4.69, 9.17) is 30.8 Å². The molecule has 0 bridgehead atoms. The summed E-state index contributed by atoms with van der Waals surface area (Å²) >= 11 is 6.07. The molecule has 0 amide bonds. The number of imidazole rings is 1. The van der Waals surface area contributed by atoms with Gasteiger partial charge in [0.15, 0.2) is 5.75 Å². The summed E-state index contributed by atoms with van der Waals surface area (Å²) in [4.78, 5) is 10.2. The Morgan fingerprint density at radius 2 is 1.44 bits per heavy atom. The summed E-state index contributed by atoms with van der Waals surface area (Å²) in [6.45, 7) is 10.9. The molecule has 0 radical (unpaired) electrons. The van der Waals surface area contributed by atoms with Crippen LogP contribution >= 0.6 is 11.6 Å². The van der Waals surface area contributed by atoms with Crippen molar-refractivity contribution in [1.82, 2.24) is 19.4 Å². The molecule has 8 heteroatoms. The zero-order chi connectivity index (χ0) is 29.4. The fourth-order valence-electron chi connectivity index (χ4n) is 6.05. The van der Waals surface area contributed by atoms with E-state index in [2.05, 4.69) is 39.5 Å². The van der Waals surface area contributed by atoms with Crippen LogP contribution in [0.1, 0.15) is 45.4 Å². The van der Waals surface area contributed by atoms with Crippen LogP contribution in [0.2, 0.25) is 5.02 Å². The molecule has 3 heterocycles. The fourth-order valence-corrected chi connectivity index (χ4v) is 6.18. The first-order chi connectivity index (χ1) is 21.2. The van der Waals surface area contributed by atoms with E-state index < -0.39 is 0 Å². The van der Waals surface area contributed by atoms with Crippen LogP contribution in [-0.2, 0) is 6.54 Å². The third kappa shape index (κ3) is 7.64. The summed E-state index contributed by atoms with van der Waals surface area (Å²) in [5.41, 5.74) is 2.92. The molecule has 2 aliphatic heterocycles. The summed E-state index contributed by atoms with van der Waals surface area (Å²) in [5.74, 6) is 4.03. The number of likely N-dealkylation sites (tertiary alicyclic amines) is 2. The Kier molecular flexibility index (Phi) is 10.0. The zero-order valence-corrected chi connectivity index (χ0v) is 26.0. The molecule has 7 nitrogen and oxygen atoms in total. The van der Waals surface area contributed by atoms with Crippen LogP contribution in [0.5, 0.6) is 23.0 Å². The van der Waals surface area contributed by atoms with Gasteiger partial charge in [0, 0.05) is 42.4 Å². The molecule has 2 aliphatic rings. The molecule has 0 atom stereocenters. The molecule has 6 rings (SSSR count). The van der Waals surface area contributed by atoms with Crippen molar-refractivity contribution >= 4 is 22.6 Å². The van der Waals surface area contributed by atoms with Crippen molar-refractivity contribution in [2.24, 2.45) is 0 Å². The van der Waals surface area contributed by atoms with E-state index >= 15 is 0 Å². The molecule has 0 unspecified atom stereocenters. The first-order valence-electron chi connectivity index (χ1n) is 15.9. The van der Waals surface area contributed by atoms with Gasteiger partial charge in [-0.15, -0.1) is 0 Å². The molecule has 1 aromatic heterocycles. The number of hydrogen-bond donors (Lipinski definition) is 0. The molecule has 0 saturated carbocycles. The van der Waals surface area contributed by atoms with Crippen molar-refractivity contribution < 1.29 is 14.2 Å². The average molecular weight is 603 g/mol. The van der Waals surface area contributed by atoms with Crippen molar-refractivity contribution in [3.8, 4) is 34.4 Å². The molecule has 0 aliphatic carbocycles. The van der Waals surface area contributed by atoms with Crippen molar-refractivity contribution in [3.63, 3.8) is 0 Å². The van der Waals surface area contributed by atoms with Crippen LogP contribution in [0.4, 0.5) is 0 Å². The molecular formula is C35H43ClN4O3. The van der Waals surface area contributed by atoms with Gasteiger partial charge >= 0.3 is 0 Å². The number of hydrogen-bond acceptors (Lipinski definition) is 6. The summed E-state index contributed by atoms with van der Waals surface area (Å²) in [5, 5.41) is 0.684. The smallest absolute Gasteiger partial charge is 0.150 e. The van der Waals surface area contributed by atoms with Gasteiger partial charge in [-0.05, 0) is 94.7 Å². The lowest BCUT2D eigenvalue weighted by molar-refractivity contribution is 0.231. The summed E-state index contributed by atoms with van der Waals surface area (Å²) in [6, 6.07) is 19.7. The van der Waals surface area contributed by atoms with Crippen LogP contribution in [0.15, 0.2) is 60.7 Å². The minimum atomic E-state index is 0.633. The van der Waals surface area contributed by atoms with E-state index in [-0.39, 0.29) is 0 Å². The third-order valence-electron chi connectivity index (χ3n) is 8.41. The van der Waals surface area contributed by atoms with Gasteiger partial charge in [0.05, 0.1) is 5.52 Å². The number of ether oxygens (including phenoxy) is 3. The normalized spacial score (nSPS) is 15.9. The Labute approximate surface area is 260 Å². The molecular weight excluding hydrogens is 560 g/mol. The van der Waals surface area contributed by atoms with E-state index in [0.717, 1.165) is 91.0 Å². The van der Waals surface area contributed by atoms with Crippen molar-refractivity contribution in [2.75, 3.05) is 52.5 Å².